The first-order chi connectivity index (χ1) is 13.8. The summed E-state index contributed by atoms with van der Waals surface area (Å²) in [5, 5.41) is 9.46. The smallest absolute Gasteiger partial charge is 0.341 e. The van der Waals surface area contributed by atoms with Crippen molar-refractivity contribution in [3.63, 3.8) is 0 Å². The third-order valence-corrected chi connectivity index (χ3v) is 5.01. The van der Waals surface area contributed by atoms with Gasteiger partial charge in [0.25, 0.3) is 5.91 Å². The lowest BCUT2D eigenvalue weighted by Gasteiger charge is -2.13. The summed E-state index contributed by atoms with van der Waals surface area (Å²) in [6.07, 6.45) is 1.58. The average Bonchev–Trinajstić information content (AvgIpc) is 3.02. The number of esters is 1. The number of amides is 2. The molecule has 2 N–H and O–H groups in total. The predicted octanol–water partition coefficient (Wildman–Crippen LogP) is 1.78. The molecule has 29 heavy (non-hydrogen) atoms. The number of nitrogens with one attached hydrogen (secondary N) is 2. The van der Waals surface area contributed by atoms with Crippen molar-refractivity contribution in [1.29, 1.82) is 0 Å². The summed E-state index contributed by atoms with van der Waals surface area (Å²) in [4.78, 5) is 40.2. The van der Waals surface area contributed by atoms with E-state index in [0.29, 0.717) is 23.1 Å². The molecule has 10 heteroatoms. The Balaban J connectivity index is 1.94. The van der Waals surface area contributed by atoms with Gasteiger partial charge in [-0.15, -0.1) is 11.8 Å². The number of carbonyl (C=O) groups excluding carboxylic acids is 3. The third-order valence-electron chi connectivity index (χ3n) is 3.98. The van der Waals surface area contributed by atoms with Crippen molar-refractivity contribution in [3.05, 3.63) is 40.9 Å². The third kappa shape index (κ3) is 6.31. The molecule has 0 bridgehead atoms. The van der Waals surface area contributed by atoms with E-state index in [-0.39, 0.29) is 11.5 Å². The highest BCUT2D eigenvalue weighted by Gasteiger charge is 2.19. The summed E-state index contributed by atoms with van der Waals surface area (Å²) in [5.74, 6) is -0.292. The van der Waals surface area contributed by atoms with E-state index in [0.717, 1.165) is 11.3 Å². The van der Waals surface area contributed by atoms with Crippen LogP contribution in [0.5, 0.6) is 0 Å². The molecule has 1 atom stereocenters. The van der Waals surface area contributed by atoms with E-state index in [4.69, 9.17) is 9.26 Å². The van der Waals surface area contributed by atoms with Gasteiger partial charge in [-0.05, 0) is 39.8 Å². The van der Waals surface area contributed by atoms with Crippen LogP contribution < -0.4 is 10.6 Å². The molecule has 0 unspecified atom stereocenters. The van der Waals surface area contributed by atoms with Crippen molar-refractivity contribution < 1.29 is 23.6 Å². The average molecular weight is 420 g/mol. The fourth-order valence-electron chi connectivity index (χ4n) is 2.39. The number of ether oxygens (including phenoxy) is 1. The lowest BCUT2D eigenvalue weighted by atomic mass is 10.2. The number of aromatic nitrogens is 2. The van der Waals surface area contributed by atoms with Crippen LogP contribution in [-0.4, -0.2) is 47.1 Å². The number of nitrogens with zero attached hydrogens (tertiary/aromatic N) is 2. The van der Waals surface area contributed by atoms with Crippen LogP contribution in [0.4, 0.5) is 0 Å². The maximum Gasteiger partial charge on any atom is 0.341 e. The predicted molar refractivity (Wildman–Crippen MR) is 106 cm³/mol. The fraction of sp³-hybridized carbons (Fsp3) is 0.421. The molecule has 0 aromatic carbocycles. The summed E-state index contributed by atoms with van der Waals surface area (Å²) in [5.41, 5.74) is 1.99. The van der Waals surface area contributed by atoms with Gasteiger partial charge in [-0.2, -0.15) is 0 Å². The molecule has 2 aromatic rings. The first-order valence-electron chi connectivity index (χ1n) is 9.07. The van der Waals surface area contributed by atoms with E-state index in [1.165, 1.54) is 11.8 Å². The number of aryl methyl sites for hydroxylation is 2. The van der Waals surface area contributed by atoms with Crippen molar-refractivity contribution in [2.45, 2.75) is 44.5 Å². The normalized spacial score (nSPS) is 11.6. The largest absolute Gasteiger partial charge is 0.452 e. The van der Waals surface area contributed by atoms with Crippen LogP contribution in [0.2, 0.25) is 0 Å². The van der Waals surface area contributed by atoms with Crippen molar-refractivity contribution in [3.8, 4) is 0 Å². The zero-order valence-electron chi connectivity index (χ0n) is 16.8. The maximum atomic E-state index is 12.4. The second-order valence-electron chi connectivity index (χ2n) is 6.21. The molecule has 9 nitrogen and oxygen atoms in total. The molecule has 0 aliphatic heterocycles. The summed E-state index contributed by atoms with van der Waals surface area (Å²) in [6, 6.07) is 2.48. The van der Waals surface area contributed by atoms with Gasteiger partial charge in [-0.3, -0.25) is 9.59 Å². The van der Waals surface area contributed by atoms with Crippen LogP contribution in [0.15, 0.2) is 27.9 Å². The molecule has 0 saturated carbocycles. The van der Waals surface area contributed by atoms with Gasteiger partial charge >= 0.3 is 5.97 Å². The van der Waals surface area contributed by atoms with Crippen molar-refractivity contribution in [2.75, 3.05) is 13.2 Å². The molecular formula is C19H24N4O5S. The van der Waals surface area contributed by atoms with E-state index in [1.54, 1.807) is 32.2 Å². The van der Waals surface area contributed by atoms with Gasteiger partial charge in [0, 0.05) is 24.1 Å². The van der Waals surface area contributed by atoms with Crippen LogP contribution in [0.1, 0.15) is 41.2 Å². The van der Waals surface area contributed by atoms with Crippen LogP contribution >= 0.6 is 11.8 Å². The Bertz CT molecular complexity index is 864. The molecule has 0 saturated heterocycles. The van der Waals surface area contributed by atoms with Gasteiger partial charge in [0.05, 0.1) is 11.3 Å². The Morgan fingerprint density at radius 2 is 2.07 bits per heavy atom. The molecular weight excluding hydrogens is 396 g/mol. The lowest BCUT2D eigenvalue weighted by Crippen LogP contribution is -2.46. The van der Waals surface area contributed by atoms with Gasteiger partial charge in [0.2, 0.25) is 5.91 Å². The minimum absolute atomic E-state index is 0.258. The highest BCUT2D eigenvalue weighted by molar-refractivity contribution is 7.98. The van der Waals surface area contributed by atoms with E-state index in [9.17, 15) is 14.4 Å². The van der Waals surface area contributed by atoms with Gasteiger partial charge in [-0.1, -0.05) is 5.16 Å². The monoisotopic (exact) mass is 420 g/mol. The van der Waals surface area contributed by atoms with E-state index in [2.05, 4.69) is 20.8 Å². The molecule has 0 fully saturated rings. The van der Waals surface area contributed by atoms with Crippen LogP contribution in [0.3, 0.4) is 0 Å². The van der Waals surface area contributed by atoms with E-state index < -0.39 is 24.5 Å². The maximum absolute atomic E-state index is 12.4. The molecule has 0 radical (unpaired) electrons. The summed E-state index contributed by atoms with van der Waals surface area (Å²) < 4.78 is 10.2. The molecule has 2 rings (SSSR count). The Labute approximate surface area is 173 Å². The molecule has 2 amide bonds. The van der Waals surface area contributed by atoms with Gasteiger partial charge in [0.15, 0.2) is 6.61 Å². The molecule has 0 aliphatic rings. The van der Waals surface area contributed by atoms with E-state index >= 15 is 0 Å². The van der Waals surface area contributed by atoms with Gasteiger partial charge in [-0.25, -0.2) is 9.78 Å². The van der Waals surface area contributed by atoms with Crippen molar-refractivity contribution in [2.24, 2.45) is 0 Å². The molecule has 156 valence electrons. The second kappa shape index (κ2) is 10.6. The number of pyridine rings is 1. The van der Waals surface area contributed by atoms with Crippen LogP contribution in [0, 0.1) is 13.8 Å². The van der Waals surface area contributed by atoms with Crippen molar-refractivity contribution in [1.82, 2.24) is 20.8 Å². The minimum atomic E-state index is -0.722. The number of hydrogen-bond acceptors (Lipinski definition) is 8. The SMILES string of the molecule is CCNC(=O)[C@@H](C)NC(=O)COC(=O)c1cccnc1SCc1c(C)noc1C. The first kappa shape index (κ1) is 22.4. The fourth-order valence-corrected chi connectivity index (χ4v) is 3.53. The Hall–Kier alpha value is -2.88. The number of thioether (sulfide) groups is 1. The van der Waals surface area contributed by atoms with Gasteiger partial charge in [0.1, 0.15) is 16.8 Å². The number of carbonyl (C=O) groups is 3. The Morgan fingerprint density at radius 1 is 1.31 bits per heavy atom. The quantitative estimate of drug-likeness (QED) is 0.465. The summed E-state index contributed by atoms with van der Waals surface area (Å²) in [6.45, 7) is 6.97. The molecule has 2 heterocycles. The zero-order valence-corrected chi connectivity index (χ0v) is 17.6. The Kier molecular flexibility index (Phi) is 8.20. The standard InChI is InChI=1S/C19H24N4O5S/c1-5-20-17(25)12(3)22-16(24)9-27-19(26)14-7-6-8-21-18(14)29-10-15-11(2)23-28-13(15)4/h6-8,12H,5,9-10H2,1-4H3,(H,20,25)(H,22,24)/t12-/m1/s1. The zero-order chi connectivity index (χ0) is 21.4. The molecule has 2 aromatic heterocycles. The topological polar surface area (TPSA) is 123 Å². The minimum Gasteiger partial charge on any atom is -0.452 e. The summed E-state index contributed by atoms with van der Waals surface area (Å²) in [7, 11) is 0. The highest BCUT2D eigenvalue weighted by atomic mass is 32.2. The van der Waals surface area contributed by atoms with Crippen LogP contribution in [0.25, 0.3) is 0 Å². The second-order valence-corrected chi connectivity index (χ2v) is 7.17. The van der Waals surface area contributed by atoms with Crippen molar-refractivity contribution >= 4 is 29.5 Å². The molecule has 0 aliphatic carbocycles. The van der Waals surface area contributed by atoms with E-state index in [1.807, 2.05) is 13.8 Å². The van der Waals surface area contributed by atoms with Crippen LogP contribution in [-0.2, 0) is 20.1 Å². The summed E-state index contributed by atoms with van der Waals surface area (Å²) >= 11 is 1.35. The highest BCUT2D eigenvalue weighted by Crippen LogP contribution is 2.27. The lowest BCUT2D eigenvalue weighted by molar-refractivity contribution is -0.130. The molecule has 0 spiro atoms. The van der Waals surface area contributed by atoms with Gasteiger partial charge < -0.3 is 19.9 Å². The number of rotatable bonds is 9. The Morgan fingerprint density at radius 3 is 2.72 bits per heavy atom. The first-order valence-corrected chi connectivity index (χ1v) is 10.1. The number of likely N-dealkylation sites (N-methyl/N-ethyl adjacent to an activating group) is 1. The number of hydrogen-bond donors (Lipinski definition) is 2.